The second-order valence-electron chi connectivity index (χ2n) is 8.71. The van der Waals surface area contributed by atoms with Crippen LogP contribution in [0.4, 0.5) is 0 Å². The number of rotatable bonds is 8. The summed E-state index contributed by atoms with van der Waals surface area (Å²) in [7, 11) is 4.84. The number of thioether (sulfide) groups is 1. The highest BCUT2D eigenvalue weighted by Gasteiger charge is 2.20. The van der Waals surface area contributed by atoms with Crippen LogP contribution >= 0.6 is 50.9 Å². The molecule has 37 heavy (non-hydrogen) atoms. The van der Waals surface area contributed by atoms with Crippen LogP contribution in [0.1, 0.15) is 42.8 Å². The Labute approximate surface area is 238 Å². The fraction of sp³-hybridized carbons (Fsp3) is 0.214. The molecule has 0 saturated carbocycles. The molecule has 1 unspecified atom stereocenters. The number of esters is 1. The van der Waals surface area contributed by atoms with E-state index in [4.69, 9.17) is 27.9 Å². The lowest BCUT2D eigenvalue weighted by molar-refractivity contribution is 0.0595. The summed E-state index contributed by atoms with van der Waals surface area (Å²) in [5.74, 6) is 0.369. The van der Waals surface area contributed by atoms with E-state index in [1.165, 1.54) is 7.11 Å². The van der Waals surface area contributed by atoms with Crippen molar-refractivity contribution in [3.8, 4) is 0 Å². The number of amides is 1. The minimum absolute atomic E-state index is 0.0168. The Morgan fingerprint density at radius 2 is 1.73 bits per heavy atom. The molecule has 4 aromatic rings. The van der Waals surface area contributed by atoms with Gasteiger partial charge in [0.05, 0.1) is 22.4 Å². The normalized spacial score (nSPS) is 11.9. The van der Waals surface area contributed by atoms with E-state index in [9.17, 15) is 9.59 Å². The Hall–Kier alpha value is -2.45. The summed E-state index contributed by atoms with van der Waals surface area (Å²) >= 11 is 17.7. The highest BCUT2D eigenvalue weighted by Crippen LogP contribution is 2.40. The minimum atomic E-state index is -0.418. The Balaban J connectivity index is 1.67. The minimum Gasteiger partial charge on any atom is -0.464 e. The van der Waals surface area contributed by atoms with Crippen LogP contribution in [-0.2, 0) is 11.2 Å². The van der Waals surface area contributed by atoms with Crippen molar-refractivity contribution in [2.45, 2.75) is 11.7 Å². The molecule has 192 valence electrons. The number of fused-ring (bicyclic) bond motifs is 1. The molecule has 0 aliphatic rings. The van der Waals surface area contributed by atoms with Crippen molar-refractivity contribution >= 4 is 73.7 Å². The Morgan fingerprint density at radius 3 is 2.38 bits per heavy atom. The molecular formula is C28H25BrCl2N2O3S. The van der Waals surface area contributed by atoms with Crippen LogP contribution in [0.15, 0.2) is 65.1 Å². The third-order valence-corrected chi connectivity index (χ3v) is 8.66. The molecule has 5 nitrogen and oxygen atoms in total. The zero-order chi connectivity index (χ0) is 26.7. The maximum atomic E-state index is 12.4. The van der Waals surface area contributed by atoms with E-state index in [1.807, 2.05) is 42.5 Å². The number of hydrogen-bond acceptors (Lipinski definition) is 4. The Bertz CT molecular complexity index is 1450. The van der Waals surface area contributed by atoms with Gasteiger partial charge in [-0.1, -0.05) is 57.3 Å². The maximum Gasteiger partial charge on any atom is 0.354 e. The van der Waals surface area contributed by atoms with Crippen molar-refractivity contribution in [1.82, 2.24) is 9.88 Å². The fourth-order valence-electron chi connectivity index (χ4n) is 4.02. The third-order valence-electron chi connectivity index (χ3n) is 5.94. The molecule has 1 amide bonds. The van der Waals surface area contributed by atoms with Gasteiger partial charge in [-0.15, -0.1) is 11.8 Å². The molecule has 0 saturated heterocycles. The SMILES string of the molecule is COC(=O)c1cc2c(Br)cc(C(SCCc3ccc(Cl)c(Cl)c3)c3ccc(C(=O)N(C)C)cc3)cc2[nH]1. The molecule has 0 spiro atoms. The van der Waals surface area contributed by atoms with E-state index in [1.54, 1.807) is 36.8 Å². The fourth-order valence-corrected chi connectivity index (χ4v) is 6.20. The first-order valence-corrected chi connectivity index (χ1v) is 14.1. The van der Waals surface area contributed by atoms with Gasteiger partial charge in [0.2, 0.25) is 0 Å². The number of benzene rings is 3. The lowest BCUT2D eigenvalue weighted by Crippen LogP contribution is -2.21. The van der Waals surface area contributed by atoms with Gasteiger partial charge in [0.25, 0.3) is 5.91 Å². The van der Waals surface area contributed by atoms with Gasteiger partial charge in [0, 0.05) is 35.0 Å². The number of nitrogens with zero attached hydrogens (tertiary/aromatic N) is 1. The van der Waals surface area contributed by atoms with Crippen LogP contribution in [0.2, 0.25) is 10.0 Å². The van der Waals surface area contributed by atoms with Gasteiger partial charge in [0.1, 0.15) is 5.69 Å². The van der Waals surface area contributed by atoms with Crippen molar-refractivity contribution in [2.75, 3.05) is 27.0 Å². The predicted molar refractivity (Wildman–Crippen MR) is 156 cm³/mol. The number of carbonyl (C=O) groups excluding carboxylic acids is 2. The molecule has 9 heteroatoms. The summed E-state index contributed by atoms with van der Waals surface area (Å²) in [5, 5.41) is 1.97. The van der Waals surface area contributed by atoms with E-state index in [0.29, 0.717) is 21.3 Å². The van der Waals surface area contributed by atoms with Gasteiger partial charge in [-0.25, -0.2) is 4.79 Å². The van der Waals surface area contributed by atoms with Crippen LogP contribution in [0.5, 0.6) is 0 Å². The number of aromatic nitrogens is 1. The average Bonchev–Trinajstić information content (AvgIpc) is 3.33. The topological polar surface area (TPSA) is 62.4 Å². The number of aryl methyl sites for hydroxylation is 1. The summed E-state index contributed by atoms with van der Waals surface area (Å²) in [5.41, 5.74) is 5.10. The van der Waals surface area contributed by atoms with Gasteiger partial charge < -0.3 is 14.6 Å². The van der Waals surface area contributed by atoms with E-state index in [0.717, 1.165) is 44.2 Å². The van der Waals surface area contributed by atoms with Gasteiger partial charge in [-0.2, -0.15) is 0 Å². The Morgan fingerprint density at radius 1 is 1.00 bits per heavy atom. The Kier molecular flexibility index (Phi) is 8.90. The van der Waals surface area contributed by atoms with E-state index in [2.05, 4.69) is 33.0 Å². The first-order chi connectivity index (χ1) is 17.7. The lowest BCUT2D eigenvalue weighted by Gasteiger charge is -2.19. The van der Waals surface area contributed by atoms with Crippen molar-refractivity contribution in [3.05, 3.63) is 103 Å². The van der Waals surface area contributed by atoms with Crippen molar-refractivity contribution in [1.29, 1.82) is 0 Å². The molecule has 1 heterocycles. The van der Waals surface area contributed by atoms with Crippen LogP contribution < -0.4 is 0 Å². The molecule has 3 aromatic carbocycles. The van der Waals surface area contributed by atoms with E-state index < -0.39 is 5.97 Å². The lowest BCUT2D eigenvalue weighted by atomic mass is 10.0. The number of nitrogens with one attached hydrogen (secondary N) is 1. The van der Waals surface area contributed by atoms with Gasteiger partial charge in [-0.05, 0) is 71.3 Å². The highest BCUT2D eigenvalue weighted by atomic mass is 79.9. The molecule has 4 rings (SSSR count). The maximum absolute atomic E-state index is 12.4. The molecule has 1 N–H and O–H groups in total. The molecule has 0 bridgehead atoms. The van der Waals surface area contributed by atoms with Crippen LogP contribution in [0.25, 0.3) is 10.9 Å². The van der Waals surface area contributed by atoms with E-state index >= 15 is 0 Å². The van der Waals surface area contributed by atoms with Crippen molar-refractivity contribution < 1.29 is 14.3 Å². The number of H-pyrrole nitrogens is 1. The van der Waals surface area contributed by atoms with Crippen LogP contribution in [0.3, 0.4) is 0 Å². The monoisotopic (exact) mass is 618 g/mol. The third kappa shape index (κ3) is 6.34. The van der Waals surface area contributed by atoms with Gasteiger partial charge in [0.15, 0.2) is 0 Å². The van der Waals surface area contributed by atoms with Crippen molar-refractivity contribution in [3.63, 3.8) is 0 Å². The predicted octanol–water partition coefficient (Wildman–Crippen LogP) is 7.79. The molecule has 0 aliphatic carbocycles. The summed E-state index contributed by atoms with van der Waals surface area (Å²) in [6, 6.07) is 19.3. The number of aromatic amines is 1. The second-order valence-corrected chi connectivity index (χ2v) is 11.6. The number of methoxy groups -OCH3 is 1. The molecule has 0 aliphatic heterocycles. The number of hydrogen-bond donors (Lipinski definition) is 1. The van der Waals surface area contributed by atoms with Crippen molar-refractivity contribution in [2.24, 2.45) is 0 Å². The number of carbonyl (C=O) groups is 2. The van der Waals surface area contributed by atoms with E-state index in [-0.39, 0.29) is 11.2 Å². The number of ether oxygens (including phenoxy) is 1. The molecular weight excluding hydrogens is 595 g/mol. The standard InChI is InChI=1S/C28H25BrCl2N2O3S/c1-33(2)27(34)18-7-5-17(6-8-18)26(37-11-10-16-4-9-22(30)23(31)12-16)19-13-21(29)20-15-25(28(35)36-3)32-24(20)14-19/h4-9,12-15,26,32H,10-11H2,1-3H3. The van der Waals surface area contributed by atoms with Crippen LogP contribution in [-0.4, -0.2) is 48.7 Å². The molecule has 0 radical (unpaired) electrons. The summed E-state index contributed by atoms with van der Waals surface area (Å²) in [6.07, 6.45) is 0.813. The molecule has 1 atom stereocenters. The van der Waals surface area contributed by atoms with Gasteiger partial charge >= 0.3 is 5.97 Å². The smallest absolute Gasteiger partial charge is 0.354 e. The zero-order valence-corrected chi connectivity index (χ0v) is 24.4. The number of halogens is 3. The quantitative estimate of drug-likeness (QED) is 0.205. The molecule has 0 fully saturated rings. The summed E-state index contributed by atoms with van der Waals surface area (Å²) < 4.78 is 5.75. The molecule has 1 aromatic heterocycles. The largest absolute Gasteiger partial charge is 0.464 e. The zero-order valence-electron chi connectivity index (χ0n) is 20.5. The summed E-state index contributed by atoms with van der Waals surface area (Å²) in [6.45, 7) is 0. The average molecular weight is 620 g/mol. The first kappa shape index (κ1) is 27.6. The second kappa shape index (κ2) is 11.9. The summed E-state index contributed by atoms with van der Waals surface area (Å²) in [4.78, 5) is 29.2. The highest BCUT2D eigenvalue weighted by molar-refractivity contribution is 9.10. The first-order valence-electron chi connectivity index (χ1n) is 11.5. The van der Waals surface area contributed by atoms with Crippen LogP contribution in [0, 0.1) is 0 Å². The van der Waals surface area contributed by atoms with Gasteiger partial charge in [-0.3, -0.25) is 4.79 Å².